The number of amides is 1. The molecule has 0 saturated carbocycles. The van der Waals surface area contributed by atoms with Gasteiger partial charge in [0, 0.05) is 11.1 Å². The van der Waals surface area contributed by atoms with Gasteiger partial charge in [-0.3, -0.25) is 14.4 Å². The minimum absolute atomic E-state index is 0.221. The number of hydrogen-bond acceptors (Lipinski definition) is 5. The van der Waals surface area contributed by atoms with Gasteiger partial charge in [0.05, 0.1) is 0 Å². The standard InChI is InChI=1S/C17H13NO5/c18-17(23)16(22)13(19)8-5-6-11-12(7-8)9-3-1-2-4-10(9)14(20)15(11)21/h1-7,13,16,19,22H,(H2,18,23). The van der Waals surface area contributed by atoms with E-state index in [2.05, 4.69) is 0 Å². The van der Waals surface area contributed by atoms with E-state index in [-0.39, 0.29) is 16.7 Å². The van der Waals surface area contributed by atoms with Crippen LogP contribution < -0.4 is 5.73 Å². The van der Waals surface area contributed by atoms with Crippen LogP contribution in [0.1, 0.15) is 32.4 Å². The quantitative estimate of drug-likeness (QED) is 0.718. The fourth-order valence-electron chi connectivity index (χ4n) is 2.67. The van der Waals surface area contributed by atoms with Crippen LogP contribution in [0.15, 0.2) is 42.5 Å². The van der Waals surface area contributed by atoms with Gasteiger partial charge in [0.25, 0.3) is 0 Å². The third-order valence-corrected chi connectivity index (χ3v) is 3.89. The van der Waals surface area contributed by atoms with E-state index in [0.29, 0.717) is 11.1 Å². The molecule has 6 nitrogen and oxygen atoms in total. The number of fused-ring (bicyclic) bond motifs is 3. The maximum Gasteiger partial charge on any atom is 0.249 e. The smallest absolute Gasteiger partial charge is 0.249 e. The largest absolute Gasteiger partial charge is 0.385 e. The molecule has 0 bridgehead atoms. The van der Waals surface area contributed by atoms with E-state index in [1.54, 1.807) is 24.3 Å². The lowest BCUT2D eigenvalue weighted by Crippen LogP contribution is -2.34. The Kier molecular flexibility index (Phi) is 3.55. The van der Waals surface area contributed by atoms with E-state index in [4.69, 9.17) is 5.73 Å². The molecule has 0 spiro atoms. The first-order valence-electron chi connectivity index (χ1n) is 6.89. The van der Waals surface area contributed by atoms with Crippen molar-refractivity contribution in [3.8, 4) is 11.1 Å². The predicted octanol–water partition coefficient (Wildman–Crippen LogP) is 0.612. The Morgan fingerprint density at radius 1 is 0.870 bits per heavy atom. The van der Waals surface area contributed by atoms with Crippen molar-refractivity contribution in [1.29, 1.82) is 0 Å². The molecular formula is C17H13NO5. The second kappa shape index (κ2) is 5.42. The number of Topliss-reactive ketones (excluding diaryl/α,β-unsaturated/α-hetero) is 2. The molecule has 2 atom stereocenters. The first kappa shape index (κ1) is 15.1. The predicted molar refractivity (Wildman–Crippen MR) is 80.7 cm³/mol. The fraction of sp³-hybridized carbons (Fsp3) is 0.118. The van der Waals surface area contributed by atoms with Crippen LogP contribution in [0.3, 0.4) is 0 Å². The van der Waals surface area contributed by atoms with E-state index in [0.717, 1.165) is 0 Å². The van der Waals surface area contributed by atoms with Crippen LogP contribution in [0, 0.1) is 0 Å². The molecule has 116 valence electrons. The molecule has 2 aromatic carbocycles. The molecule has 0 aromatic heterocycles. The molecule has 0 aliphatic heterocycles. The number of rotatable bonds is 3. The van der Waals surface area contributed by atoms with Crippen molar-refractivity contribution < 1.29 is 24.6 Å². The third-order valence-electron chi connectivity index (χ3n) is 3.89. The molecule has 1 aliphatic carbocycles. The Morgan fingerprint density at radius 3 is 2.04 bits per heavy atom. The first-order chi connectivity index (χ1) is 10.9. The number of hydrogen-bond donors (Lipinski definition) is 3. The van der Waals surface area contributed by atoms with Crippen molar-refractivity contribution in [2.75, 3.05) is 0 Å². The number of benzene rings is 2. The highest BCUT2D eigenvalue weighted by Gasteiger charge is 2.31. The lowest BCUT2D eigenvalue weighted by atomic mass is 9.82. The van der Waals surface area contributed by atoms with Gasteiger partial charge in [-0.15, -0.1) is 0 Å². The van der Waals surface area contributed by atoms with Crippen molar-refractivity contribution >= 4 is 17.5 Å². The zero-order valence-electron chi connectivity index (χ0n) is 11.9. The summed E-state index contributed by atoms with van der Waals surface area (Å²) in [7, 11) is 0. The minimum Gasteiger partial charge on any atom is -0.385 e. The monoisotopic (exact) mass is 311 g/mol. The summed E-state index contributed by atoms with van der Waals surface area (Å²) in [6.45, 7) is 0. The van der Waals surface area contributed by atoms with Crippen molar-refractivity contribution in [1.82, 2.24) is 0 Å². The number of aliphatic hydroxyl groups excluding tert-OH is 2. The Balaban J connectivity index is 2.16. The molecule has 0 radical (unpaired) electrons. The summed E-state index contributed by atoms with van der Waals surface area (Å²) < 4.78 is 0. The second-order valence-corrected chi connectivity index (χ2v) is 5.30. The number of aliphatic hydroxyl groups is 2. The number of primary amides is 1. The first-order valence-corrected chi connectivity index (χ1v) is 6.89. The van der Waals surface area contributed by atoms with Gasteiger partial charge in [-0.05, 0) is 28.8 Å². The molecule has 2 aromatic rings. The summed E-state index contributed by atoms with van der Waals surface area (Å²) in [6, 6.07) is 10.9. The summed E-state index contributed by atoms with van der Waals surface area (Å²) >= 11 is 0. The summed E-state index contributed by atoms with van der Waals surface area (Å²) in [5, 5.41) is 19.6. The molecule has 0 fully saturated rings. The molecule has 3 rings (SSSR count). The van der Waals surface area contributed by atoms with E-state index < -0.39 is 29.7 Å². The molecule has 1 aliphatic rings. The van der Waals surface area contributed by atoms with E-state index in [1.807, 2.05) is 0 Å². The van der Waals surface area contributed by atoms with Gasteiger partial charge in [-0.2, -0.15) is 0 Å². The van der Waals surface area contributed by atoms with Crippen molar-refractivity contribution in [3.05, 3.63) is 59.2 Å². The summed E-state index contributed by atoms with van der Waals surface area (Å²) in [5.74, 6) is -2.27. The molecule has 0 heterocycles. The summed E-state index contributed by atoms with van der Waals surface area (Å²) in [6.07, 6.45) is -3.28. The van der Waals surface area contributed by atoms with Crippen LogP contribution in [-0.4, -0.2) is 33.8 Å². The number of carbonyl (C=O) groups is 3. The van der Waals surface area contributed by atoms with Crippen LogP contribution in [0.2, 0.25) is 0 Å². The third kappa shape index (κ3) is 2.34. The number of ketones is 2. The van der Waals surface area contributed by atoms with E-state index in [1.165, 1.54) is 18.2 Å². The van der Waals surface area contributed by atoms with Crippen LogP contribution >= 0.6 is 0 Å². The Hall–Kier alpha value is -2.83. The van der Waals surface area contributed by atoms with Crippen LogP contribution in [0.4, 0.5) is 0 Å². The van der Waals surface area contributed by atoms with Crippen molar-refractivity contribution in [2.45, 2.75) is 12.2 Å². The van der Waals surface area contributed by atoms with Gasteiger partial charge in [-0.25, -0.2) is 0 Å². The fourth-order valence-corrected chi connectivity index (χ4v) is 2.67. The van der Waals surface area contributed by atoms with Gasteiger partial charge in [0.15, 0.2) is 6.10 Å². The summed E-state index contributed by atoms with van der Waals surface area (Å²) in [4.78, 5) is 35.3. The lowest BCUT2D eigenvalue weighted by molar-refractivity contribution is -0.131. The van der Waals surface area contributed by atoms with Crippen molar-refractivity contribution in [3.63, 3.8) is 0 Å². The van der Waals surface area contributed by atoms with Crippen LogP contribution in [0.5, 0.6) is 0 Å². The Labute approximate surface area is 131 Å². The van der Waals surface area contributed by atoms with E-state index in [9.17, 15) is 24.6 Å². The Bertz CT molecular complexity index is 843. The highest BCUT2D eigenvalue weighted by atomic mass is 16.3. The van der Waals surface area contributed by atoms with Crippen LogP contribution in [-0.2, 0) is 4.79 Å². The highest BCUT2D eigenvalue weighted by Crippen LogP contribution is 2.35. The van der Waals surface area contributed by atoms with Crippen LogP contribution in [0.25, 0.3) is 11.1 Å². The molecule has 4 N–H and O–H groups in total. The maximum atomic E-state index is 12.2. The normalized spacial score (nSPS) is 15.6. The highest BCUT2D eigenvalue weighted by molar-refractivity contribution is 6.52. The topological polar surface area (TPSA) is 118 Å². The average Bonchev–Trinajstić information content (AvgIpc) is 2.57. The SMILES string of the molecule is NC(=O)C(O)C(O)c1ccc2c(c1)-c1ccccc1C(=O)C2=O. The van der Waals surface area contributed by atoms with Gasteiger partial charge in [0.2, 0.25) is 17.5 Å². The Morgan fingerprint density at radius 2 is 1.43 bits per heavy atom. The van der Waals surface area contributed by atoms with Gasteiger partial charge in [0.1, 0.15) is 6.10 Å². The number of carbonyl (C=O) groups excluding carboxylic acids is 3. The summed E-state index contributed by atoms with van der Waals surface area (Å²) in [5.41, 5.74) is 6.75. The molecular weight excluding hydrogens is 298 g/mol. The number of nitrogens with two attached hydrogens (primary N) is 1. The maximum absolute atomic E-state index is 12.2. The molecule has 2 unspecified atom stereocenters. The van der Waals surface area contributed by atoms with E-state index >= 15 is 0 Å². The van der Waals surface area contributed by atoms with Gasteiger partial charge in [-0.1, -0.05) is 30.3 Å². The zero-order valence-corrected chi connectivity index (χ0v) is 11.9. The van der Waals surface area contributed by atoms with Gasteiger partial charge >= 0.3 is 0 Å². The zero-order chi connectivity index (χ0) is 16.7. The molecule has 1 amide bonds. The molecule has 0 saturated heterocycles. The average molecular weight is 311 g/mol. The molecule has 6 heteroatoms. The van der Waals surface area contributed by atoms with Gasteiger partial charge < -0.3 is 15.9 Å². The molecule has 23 heavy (non-hydrogen) atoms. The second-order valence-electron chi connectivity index (χ2n) is 5.30. The lowest BCUT2D eigenvalue weighted by Gasteiger charge is -2.21. The minimum atomic E-state index is -1.76. The van der Waals surface area contributed by atoms with Crippen molar-refractivity contribution in [2.24, 2.45) is 5.73 Å².